The second-order valence-electron chi connectivity index (χ2n) is 6.88. The summed E-state index contributed by atoms with van der Waals surface area (Å²) in [7, 11) is 6.39. The molecule has 0 aliphatic rings. The number of methoxy groups -OCH3 is 4. The van der Waals surface area contributed by atoms with Crippen LogP contribution in [-0.4, -0.2) is 40.0 Å². The lowest BCUT2D eigenvalue weighted by Gasteiger charge is -2.15. The molecule has 0 bridgehead atoms. The number of benzene rings is 3. The summed E-state index contributed by atoms with van der Waals surface area (Å²) >= 11 is 0. The molecule has 0 aliphatic carbocycles. The van der Waals surface area contributed by atoms with E-state index in [9.17, 15) is 0 Å². The molecular formula is C25H25NO6. The number of ether oxygens (including phenoxy) is 5. The van der Waals surface area contributed by atoms with Gasteiger partial charge in [0.25, 0.3) is 0 Å². The van der Waals surface area contributed by atoms with Crippen LogP contribution in [-0.2, 0) is 0 Å². The van der Waals surface area contributed by atoms with Gasteiger partial charge < -0.3 is 28.1 Å². The number of aromatic nitrogens is 1. The second-order valence-corrected chi connectivity index (χ2v) is 6.88. The molecular weight excluding hydrogens is 410 g/mol. The van der Waals surface area contributed by atoms with Crippen molar-refractivity contribution in [3.8, 4) is 51.3 Å². The van der Waals surface area contributed by atoms with E-state index < -0.39 is 0 Å². The molecule has 0 aliphatic heterocycles. The second kappa shape index (κ2) is 9.09. The lowest BCUT2D eigenvalue weighted by Crippen LogP contribution is -1.96. The Balaban J connectivity index is 1.77. The van der Waals surface area contributed by atoms with Gasteiger partial charge in [-0.3, -0.25) is 0 Å². The van der Waals surface area contributed by atoms with Crippen molar-refractivity contribution >= 4 is 11.1 Å². The number of fused-ring (bicyclic) bond motifs is 1. The van der Waals surface area contributed by atoms with Gasteiger partial charge in [-0.05, 0) is 55.0 Å². The molecule has 0 radical (unpaired) electrons. The normalized spacial score (nSPS) is 10.8. The number of oxazole rings is 1. The van der Waals surface area contributed by atoms with Crippen LogP contribution >= 0.6 is 0 Å². The van der Waals surface area contributed by atoms with E-state index in [0.29, 0.717) is 46.8 Å². The zero-order chi connectivity index (χ0) is 22.7. The Morgan fingerprint density at radius 3 is 2.12 bits per heavy atom. The van der Waals surface area contributed by atoms with Crippen molar-refractivity contribution in [2.75, 3.05) is 35.0 Å². The Kier molecular flexibility index (Phi) is 6.07. The average Bonchev–Trinajstić information content (AvgIpc) is 3.26. The highest BCUT2D eigenvalue weighted by Gasteiger charge is 2.18. The lowest BCUT2D eigenvalue weighted by atomic mass is 10.0. The summed E-state index contributed by atoms with van der Waals surface area (Å²) in [6.07, 6.45) is 0. The Morgan fingerprint density at radius 2 is 1.44 bits per heavy atom. The van der Waals surface area contributed by atoms with Crippen LogP contribution in [0.4, 0.5) is 0 Å². The number of hydrogen-bond acceptors (Lipinski definition) is 7. The third-order valence-corrected chi connectivity index (χ3v) is 5.11. The fourth-order valence-electron chi connectivity index (χ4n) is 3.62. The monoisotopic (exact) mass is 435 g/mol. The van der Waals surface area contributed by atoms with E-state index in [4.69, 9.17) is 28.1 Å². The first-order valence-electron chi connectivity index (χ1n) is 10.1. The van der Waals surface area contributed by atoms with Crippen LogP contribution in [0, 0.1) is 0 Å². The summed E-state index contributed by atoms with van der Waals surface area (Å²) in [6.45, 7) is 2.46. The van der Waals surface area contributed by atoms with Gasteiger partial charge in [0.2, 0.25) is 11.6 Å². The number of hydrogen-bond donors (Lipinski definition) is 0. The maximum Gasteiger partial charge on any atom is 0.227 e. The van der Waals surface area contributed by atoms with E-state index in [0.717, 1.165) is 22.2 Å². The van der Waals surface area contributed by atoms with Crippen molar-refractivity contribution in [1.29, 1.82) is 0 Å². The molecule has 0 atom stereocenters. The third kappa shape index (κ3) is 3.77. The zero-order valence-electron chi connectivity index (χ0n) is 18.7. The summed E-state index contributed by atoms with van der Waals surface area (Å²) < 4.78 is 33.7. The minimum absolute atomic E-state index is 0.500. The molecule has 0 N–H and O–H groups in total. The Bertz CT molecular complexity index is 1250. The topological polar surface area (TPSA) is 72.2 Å². The highest BCUT2D eigenvalue weighted by atomic mass is 16.5. The standard InChI is InChI=1S/C25H25NO6/c1-6-31-22-14-16(8-11-19(22)27-2)25-26-18-10-7-15(13-21(18)32-25)17-9-12-20(28-3)24(30-5)23(17)29-4/h7-14H,6H2,1-5H3. The molecule has 7 heteroatoms. The molecule has 0 unspecified atom stereocenters. The quantitative estimate of drug-likeness (QED) is 0.357. The molecule has 166 valence electrons. The van der Waals surface area contributed by atoms with Crippen molar-refractivity contribution in [2.45, 2.75) is 6.92 Å². The Labute approximate surface area is 186 Å². The number of nitrogens with zero attached hydrogens (tertiary/aromatic N) is 1. The fourth-order valence-corrected chi connectivity index (χ4v) is 3.62. The van der Waals surface area contributed by atoms with Crippen molar-refractivity contribution in [2.24, 2.45) is 0 Å². The molecule has 7 nitrogen and oxygen atoms in total. The predicted octanol–water partition coefficient (Wildman–Crippen LogP) is 5.59. The molecule has 0 spiro atoms. The highest BCUT2D eigenvalue weighted by Crippen LogP contribution is 2.45. The van der Waals surface area contributed by atoms with Gasteiger partial charge >= 0.3 is 0 Å². The SMILES string of the molecule is CCOc1cc(-c2nc3ccc(-c4ccc(OC)c(OC)c4OC)cc3o2)ccc1OC. The van der Waals surface area contributed by atoms with Crippen LogP contribution in [0.15, 0.2) is 52.9 Å². The molecule has 1 aromatic heterocycles. The number of rotatable bonds is 8. The first kappa shape index (κ1) is 21.4. The molecule has 0 fully saturated rings. The summed E-state index contributed by atoms with van der Waals surface area (Å²) in [5.41, 5.74) is 3.96. The summed E-state index contributed by atoms with van der Waals surface area (Å²) in [4.78, 5) is 4.64. The molecule has 0 amide bonds. The Morgan fingerprint density at radius 1 is 0.719 bits per heavy atom. The smallest absolute Gasteiger partial charge is 0.227 e. The van der Waals surface area contributed by atoms with Crippen LogP contribution in [0.1, 0.15) is 6.92 Å². The fraction of sp³-hybridized carbons (Fsp3) is 0.240. The van der Waals surface area contributed by atoms with Gasteiger partial charge in [0.1, 0.15) is 5.52 Å². The minimum atomic E-state index is 0.500. The van der Waals surface area contributed by atoms with Gasteiger partial charge in [0, 0.05) is 11.1 Å². The highest BCUT2D eigenvalue weighted by molar-refractivity contribution is 5.85. The minimum Gasteiger partial charge on any atom is -0.493 e. The summed E-state index contributed by atoms with van der Waals surface area (Å²) in [5.74, 6) is 3.52. The van der Waals surface area contributed by atoms with Gasteiger partial charge in [-0.15, -0.1) is 0 Å². The van der Waals surface area contributed by atoms with E-state index >= 15 is 0 Å². The van der Waals surface area contributed by atoms with Crippen LogP contribution in [0.3, 0.4) is 0 Å². The van der Waals surface area contributed by atoms with E-state index in [2.05, 4.69) is 4.98 Å². The maximum atomic E-state index is 6.09. The molecule has 4 aromatic rings. The first-order valence-corrected chi connectivity index (χ1v) is 10.1. The van der Waals surface area contributed by atoms with Crippen LogP contribution in [0.25, 0.3) is 33.7 Å². The van der Waals surface area contributed by atoms with E-state index in [1.54, 1.807) is 28.4 Å². The van der Waals surface area contributed by atoms with E-state index in [-0.39, 0.29) is 0 Å². The van der Waals surface area contributed by atoms with Gasteiger partial charge in [0.05, 0.1) is 35.0 Å². The van der Waals surface area contributed by atoms with E-state index in [1.165, 1.54) is 0 Å². The molecule has 0 saturated heterocycles. The molecule has 3 aromatic carbocycles. The molecule has 4 rings (SSSR count). The molecule has 1 heterocycles. The maximum absolute atomic E-state index is 6.09. The van der Waals surface area contributed by atoms with Gasteiger partial charge in [-0.25, -0.2) is 4.98 Å². The zero-order valence-corrected chi connectivity index (χ0v) is 18.7. The van der Waals surface area contributed by atoms with Crippen LogP contribution in [0.2, 0.25) is 0 Å². The molecule has 32 heavy (non-hydrogen) atoms. The van der Waals surface area contributed by atoms with Crippen LogP contribution < -0.4 is 23.7 Å². The van der Waals surface area contributed by atoms with Crippen molar-refractivity contribution < 1.29 is 28.1 Å². The first-order chi connectivity index (χ1) is 15.6. The summed E-state index contributed by atoms with van der Waals surface area (Å²) in [6, 6.07) is 15.2. The van der Waals surface area contributed by atoms with Gasteiger partial charge in [-0.2, -0.15) is 0 Å². The van der Waals surface area contributed by atoms with Crippen molar-refractivity contribution in [3.63, 3.8) is 0 Å². The van der Waals surface area contributed by atoms with Crippen molar-refractivity contribution in [1.82, 2.24) is 4.98 Å². The van der Waals surface area contributed by atoms with E-state index in [1.807, 2.05) is 55.5 Å². The average molecular weight is 435 g/mol. The Hall–Kier alpha value is -3.87. The van der Waals surface area contributed by atoms with Gasteiger partial charge in [0.15, 0.2) is 28.6 Å². The molecule has 0 saturated carbocycles. The van der Waals surface area contributed by atoms with Gasteiger partial charge in [-0.1, -0.05) is 6.07 Å². The predicted molar refractivity (Wildman–Crippen MR) is 122 cm³/mol. The summed E-state index contributed by atoms with van der Waals surface area (Å²) in [5, 5.41) is 0. The van der Waals surface area contributed by atoms with Crippen LogP contribution in [0.5, 0.6) is 28.7 Å². The lowest BCUT2D eigenvalue weighted by molar-refractivity contribution is 0.311. The third-order valence-electron chi connectivity index (χ3n) is 5.11. The van der Waals surface area contributed by atoms with Crippen molar-refractivity contribution in [3.05, 3.63) is 48.5 Å². The largest absolute Gasteiger partial charge is 0.493 e.